The molecule has 0 saturated heterocycles. The molecule has 0 bridgehead atoms. The van der Waals surface area contributed by atoms with Crippen molar-refractivity contribution in [1.29, 1.82) is 0 Å². The lowest BCUT2D eigenvalue weighted by molar-refractivity contribution is 0.761. The fraction of sp³-hybridized carbons (Fsp3) is 0.150. The molecule has 4 aromatic rings. The minimum Gasteiger partial charge on any atom is -0.340 e. The smallest absolute Gasteiger partial charge is 0.229 e. The van der Waals surface area contributed by atoms with E-state index < -0.39 is 0 Å². The van der Waals surface area contributed by atoms with Crippen LogP contribution in [-0.2, 0) is 0 Å². The van der Waals surface area contributed by atoms with Gasteiger partial charge in [0, 0.05) is 24.1 Å². The summed E-state index contributed by atoms with van der Waals surface area (Å²) in [6.45, 7) is 3.04. The Kier molecular flexibility index (Phi) is 5.60. The molecular formula is C20H21N7S. The van der Waals surface area contributed by atoms with Crippen LogP contribution in [0.1, 0.15) is 13.3 Å². The van der Waals surface area contributed by atoms with Gasteiger partial charge < -0.3 is 16.1 Å². The van der Waals surface area contributed by atoms with Crippen LogP contribution in [0.15, 0.2) is 60.2 Å². The molecule has 0 fully saturated rings. The molecule has 2 heterocycles. The summed E-state index contributed by atoms with van der Waals surface area (Å²) >= 11 is 1.61. The minimum atomic E-state index is 0.535. The highest BCUT2D eigenvalue weighted by Crippen LogP contribution is 2.24. The first-order valence-electron chi connectivity index (χ1n) is 9.09. The maximum atomic E-state index is 4.55. The average Bonchev–Trinajstić information content (AvgIpc) is 3.17. The number of benzene rings is 2. The van der Waals surface area contributed by atoms with Crippen LogP contribution in [0.4, 0.5) is 28.8 Å². The Balaban J connectivity index is 1.45. The standard InChI is InChI=1S/C20H21N7S/c1-2-9-23-27-16-5-3-4-14(11-16)24-19-8-10-21-20(26-19)25-15-6-7-17-18(12-15)28-13-22-17/h3-8,10-13,23,27H,2,9H2,1H3,(H2,21,24,25,26). The van der Waals surface area contributed by atoms with Crippen LogP contribution in [0.25, 0.3) is 10.2 Å². The molecule has 0 aliphatic rings. The summed E-state index contributed by atoms with van der Waals surface area (Å²) in [7, 11) is 0. The zero-order valence-electron chi connectivity index (χ0n) is 15.4. The van der Waals surface area contributed by atoms with Crippen LogP contribution < -0.4 is 21.5 Å². The van der Waals surface area contributed by atoms with Gasteiger partial charge in [0.25, 0.3) is 0 Å². The maximum absolute atomic E-state index is 4.55. The fourth-order valence-electron chi connectivity index (χ4n) is 2.66. The van der Waals surface area contributed by atoms with Gasteiger partial charge in [-0.1, -0.05) is 13.0 Å². The molecule has 2 aromatic heterocycles. The fourth-order valence-corrected chi connectivity index (χ4v) is 3.38. The number of nitrogens with one attached hydrogen (secondary N) is 4. The summed E-state index contributed by atoms with van der Waals surface area (Å²) in [6, 6.07) is 15.9. The van der Waals surface area contributed by atoms with Gasteiger partial charge in [-0.2, -0.15) is 4.98 Å². The number of fused-ring (bicyclic) bond motifs is 1. The molecule has 8 heteroatoms. The second-order valence-electron chi connectivity index (χ2n) is 6.18. The van der Waals surface area contributed by atoms with Gasteiger partial charge in [-0.05, 0) is 48.9 Å². The molecule has 28 heavy (non-hydrogen) atoms. The van der Waals surface area contributed by atoms with E-state index in [-0.39, 0.29) is 0 Å². The third-order valence-electron chi connectivity index (χ3n) is 3.99. The van der Waals surface area contributed by atoms with Crippen LogP contribution in [-0.4, -0.2) is 21.5 Å². The molecule has 0 radical (unpaired) electrons. The molecule has 0 unspecified atom stereocenters. The topological polar surface area (TPSA) is 86.8 Å². The quantitative estimate of drug-likeness (QED) is 0.251. The summed E-state index contributed by atoms with van der Waals surface area (Å²) < 4.78 is 1.13. The molecular weight excluding hydrogens is 370 g/mol. The van der Waals surface area contributed by atoms with Crippen molar-refractivity contribution >= 4 is 50.4 Å². The third-order valence-corrected chi connectivity index (χ3v) is 4.78. The molecule has 4 rings (SSSR count). The third kappa shape index (κ3) is 4.54. The van der Waals surface area contributed by atoms with Crippen molar-refractivity contribution in [2.75, 3.05) is 22.6 Å². The van der Waals surface area contributed by atoms with Crippen LogP contribution in [0.3, 0.4) is 0 Å². The van der Waals surface area contributed by atoms with E-state index in [0.717, 1.165) is 46.1 Å². The molecule has 4 N–H and O–H groups in total. The number of aromatic nitrogens is 3. The van der Waals surface area contributed by atoms with E-state index in [0.29, 0.717) is 5.95 Å². The summed E-state index contributed by atoms with van der Waals surface area (Å²) in [5, 5.41) is 6.57. The van der Waals surface area contributed by atoms with Crippen molar-refractivity contribution in [1.82, 2.24) is 20.4 Å². The Morgan fingerprint density at radius 2 is 1.82 bits per heavy atom. The lowest BCUT2D eigenvalue weighted by atomic mass is 10.3. The van der Waals surface area contributed by atoms with E-state index in [1.165, 1.54) is 0 Å². The number of thiazole rings is 1. The first-order valence-corrected chi connectivity index (χ1v) is 9.97. The molecule has 7 nitrogen and oxygen atoms in total. The van der Waals surface area contributed by atoms with Crippen molar-refractivity contribution in [3.8, 4) is 0 Å². The first kappa shape index (κ1) is 18.1. The average molecular weight is 392 g/mol. The van der Waals surface area contributed by atoms with E-state index in [1.807, 2.05) is 48.0 Å². The summed E-state index contributed by atoms with van der Waals surface area (Å²) in [6.07, 6.45) is 2.80. The van der Waals surface area contributed by atoms with Crippen LogP contribution in [0.5, 0.6) is 0 Å². The Hall–Kier alpha value is -3.23. The van der Waals surface area contributed by atoms with Gasteiger partial charge >= 0.3 is 0 Å². The number of hydrazine groups is 1. The number of rotatable bonds is 8. The molecule has 0 aliphatic carbocycles. The highest BCUT2D eigenvalue weighted by Gasteiger charge is 2.04. The lowest BCUT2D eigenvalue weighted by Gasteiger charge is -2.11. The highest BCUT2D eigenvalue weighted by molar-refractivity contribution is 7.16. The summed E-state index contributed by atoms with van der Waals surface area (Å²) in [5.41, 5.74) is 12.1. The monoisotopic (exact) mass is 391 g/mol. The van der Waals surface area contributed by atoms with Crippen molar-refractivity contribution in [3.05, 3.63) is 60.2 Å². The van der Waals surface area contributed by atoms with Crippen molar-refractivity contribution in [2.24, 2.45) is 0 Å². The lowest BCUT2D eigenvalue weighted by Crippen LogP contribution is -2.22. The zero-order valence-corrected chi connectivity index (χ0v) is 16.3. The minimum absolute atomic E-state index is 0.535. The molecule has 2 aromatic carbocycles. The second-order valence-corrected chi connectivity index (χ2v) is 7.07. The molecule has 0 amide bonds. The van der Waals surface area contributed by atoms with Crippen LogP contribution in [0, 0.1) is 0 Å². The van der Waals surface area contributed by atoms with Crippen LogP contribution >= 0.6 is 11.3 Å². The van der Waals surface area contributed by atoms with E-state index in [4.69, 9.17) is 0 Å². The molecule has 142 valence electrons. The normalized spacial score (nSPS) is 10.8. The number of hydrogen-bond acceptors (Lipinski definition) is 8. The molecule has 0 aliphatic heterocycles. The van der Waals surface area contributed by atoms with Crippen molar-refractivity contribution in [2.45, 2.75) is 13.3 Å². The summed E-state index contributed by atoms with van der Waals surface area (Å²) in [4.78, 5) is 13.2. The number of hydrogen-bond donors (Lipinski definition) is 4. The first-order chi connectivity index (χ1) is 13.8. The number of nitrogens with zero attached hydrogens (tertiary/aromatic N) is 3. The Morgan fingerprint density at radius 3 is 2.75 bits per heavy atom. The summed E-state index contributed by atoms with van der Waals surface area (Å²) in [5.74, 6) is 1.25. The van der Waals surface area contributed by atoms with E-state index in [9.17, 15) is 0 Å². The van der Waals surface area contributed by atoms with Gasteiger partial charge in [0.05, 0.1) is 21.4 Å². The number of anilines is 5. The Bertz CT molecular complexity index is 1060. The maximum Gasteiger partial charge on any atom is 0.229 e. The largest absolute Gasteiger partial charge is 0.340 e. The van der Waals surface area contributed by atoms with E-state index >= 15 is 0 Å². The van der Waals surface area contributed by atoms with Gasteiger partial charge in [-0.3, -0.25) is 0 Å². The van der Waals surface area contributed by atoms with Gasteiger partial charge in [0.2, 0.25) is 5.95 Å². The predicted octanol–water partition coefficient (Wildman–Crippen LogP) is 4.90. The van der Waals surface area contributed by atoms with E-state index in [2.05, 4.69) is 49.4 Å². The van der Waals surface area contributed by atoms with Gasteiger partial charge in [-0.25, -0.2) is 15.4 Å². The van der Waals surface area contributed by atoms with E-state index in [1.54, 1.807) is 17.5 Å². The second kappa shape index (κ2) is 8.64. The Labute approximate surface area is 167 Å². The molecule has 0 atom stereocenters. The highest BCUT2D eigenvalue weighted by atomic mass is 32.1. The van der Waals surface area contributed by atoms with Crippen molar-refractivity contribution < 1.29 is 0 Å². The van der Waals surface area contributed by atoms with Gasteiger partial charge in [-0.15, -0.1) is 11.3 Å². The van der Waals surface area contributed by atoms with Crippen LogP contribution in [0.2, 0.25) is 0 Å². The predicted molar refractivity (Wildman–Crippen MR) is 117 cm³/mol. The van der Waals surface area contributed by atoms with Gasteiger partial charge in [0.15, 0.2) is 0 Å². The molecule has 0 spiro atoms. The molecule has 0 saturated carbocycles. The Morgan fingerprint density at radius 1 is 0.929 bits per heavy atom. The van der Waals surface area contributed by atoms with Gasteiger partial charge in [0.1, 0.15) is 5.82 Å². The zero-order chi connectivity index (χ0) is 19.2. The SMILES string of the molecule is CCCNNc1cccc(Nc2ccnc(Nc3ccc4ncsc4c3)n2)c1. The van der Waals surface area contributed by atoms with Crippen molar-refractivity contribution in [3.63, 3.8) is 0 Å².